The Balaban J connectivity index is 1.70. The van der Waals surface area contributed by atoms with Gasteiger partial charge in [0, 0.05) is 12.5 Å². The van der Waals surface area contributed by atoms with Gasteiger partial charge in [-0.2, -0.15) is 0 Å². The first-order valence-corrected chi connectivity index (χ1v) is 11.0. The molecule has 6 rings (SSSR count). The van der Waals surface area contributed by atoms with Crippen LogP contribution in [0.4, 0.5) is 22.7 Å². The molecule has 0 unspecified atom stereocenters. The second-order valence-corrected chi connectivity index (χ2v) is 9.11. The van der Waals surface area contributed by atoms with Crippen LogP contribution in [0.25, 0.3) is 0 Å². The fourth-order valence-electron chi connectivity index (χ4n) is 5.64. The predicted octanol–water partition coefficient (Wildman–Crippen LogP) is 5.35. The van der Waals surface area contributed by atoms with Crippen molar-refractivity contribution in [2.45, 2.75) is 19.3 Å². The molecule has 0 saturated heterocycles. The van der Waals surface area contributed by atoms with E-state index in [2.05, 4.69) is 128 Å². The molecule has 0 radical (unpaired) electrons. The van der Waals surface area contributed by atoms with Crippen LogP contribution in [-0.2, 0) is 5.41 Å². The average molecular weight is 400 g/mol. The van der Waals surface area contributed by atoms with E-state index in [1.807, 2.05) is 0 Å². The average Bonchev–Trinajstić information content (AvgIpc) is 2.81. The van der Waals surface area contributed by atoms with Gasteiger partial charge in [0.1, 0.15) is 0 Å². The van der Waals surface area contributed by atoms with Crippen LogP contribution in [0.3, 0.4) is 0 Å². The summed E-state index contributed by atoms with van der Waals surface area (Å²) in [5, 5.41) is 0. The largest absolute Gasteiger partial charge is 0.374 e. The zero-order valence-electron chi connectivity index (χ0n) is 18.2. The number of hydrogen-bond acceptors (Lipinski definition) is 2. The van der Waals surface area contributed by atoms with E-state index in [1.165, 1.54) is 44.8 Å². The normalized spacial score (nSPS) is 15.6. The minimum absolute atomic E-state index is 0.0324. The number of benzene rings is 4. The quantitative estimate of drug-likeness (QED) is 0.398. The Morgan fingerprint density at radius 1 is 0.548 bits per heavy atom. The number of anilines is 4. The van der Waals surface area contributed by atoms with Gasteiger partial charge in [0.25, 0.3) is 0 Å². The highest BCUT2D eigenvalue weighted by molar-refractivity contribution is 6.90. The Kier molecular flexibility index (Phi) is 3.85. The lowest BCUT2D eigenvalue weighted by Crippen LogP contribution is -2.62. The third-order valence-electron chi connectivity index (χ3n) is 7.12. The SMILES string of the molecule is CN1c2ccccc2N(B2c3ccccc3C(C)(C)c3ccccc32)c2ccccc21. The van der Waals surface area contributed by atoms with Gasteiger partial charge in [0.2, 0.25) is 0 Å². The van der Waals surface area contributed by atoms with Crippen LogP contribution in [0.5, 0.6) is 0 Å². The molecular formula is C28H25BN2. The van der Waals surface area contributed by atoms with E-state index >= 15 is 0 Å². The Bertz CT molecular complexity index is 1210. The highest BCUT2D eigenvalue weighted by atomic mass is 15.2. The standard InChI is InChI=1S/C28H25BN2/c1-28(2)20-12-4-6-14-22(20)29(23-15-7-5-13-21(23)28)31-26-18-10-8-16-24(26)30(3)25-17-9-11-19-27(25)31/h4-19H,1-3H3. The summed E-state index contributed by atoms with van der Waals surface area (Å²) in [4.78, 5) is 4.86. The molecule has 0 N–H and O–H groups in total. The molecule has 3 heteroatoms. The van der Waals surface area contributed by atoms with Gasteiger partial charge < -0.3 is 9.71 Å². The lowest BCUT2D eigenvalue weighted by atomic mass is 9.40. The van der Waals surface area contributed by atoms with Gasteiger partial charge in [-0.1, -0.05) is 86.6 Å². The summed E-state index contributed by atoms with van der Waals surface area (Å²) in [6.07, 6.45) is 0. The molecule has 0 amide bonds. The van der Waals surface area contributed by atoms with Gasteiger partial charge in [-0.3, -0.25) is 0 Å². The van der Waals surface area contributed by atoms with Crippen molar-refractivity contribution in [3.63, 3.8) is 0 Å². The van der Waals surface area contributed by atoms with Gasteiger partial charge in [-0.15, -0.1) is 0 Å². The predicted molar refractivity (Wildman–Crippen MR) is 133 cm³/mol. The monoisotopic (exact) mass is 400 g/mol. The lowest BCUT2D eigenvalue weighted by molar-refractivity contribution is 0.645. The Morgan fingerprint density at radius 2 is 0.935 bits per heavy atom. The van der Waals surface area contributed by atoms with Crippen LogP contribution in [-0.4, -0.2) is 13.9 Å². The van der Waals surface area contributed by atoms with E-state index in [-0.39, 0.29) is 12.3 Å². The van der Waals surface area contributed by atoms with Crippen LogP contribution >= 0.6 is 0 Å². The number of hydrogen-bond donors (Lipinski definition) is 0. The maximum atomic E-state index is 2.55. The minimum Gasteiger partial charge on any atom is -0.374 e. The molecule has 0 aromatic heterocycles. The van der Waals surface area contributed by atoms with Gasteiger partial charge in [-0.25, -0.2) is 0 Å². The van der Waals surface area contributed by atoms with Crippen molar-refractivity contribution in [3.8, 4) is 0 Å². The van der Waals surface area contributed by atoms with Gasteiger partial charge in [-0.05, 0) is 46.3 Å². The molecule has 0 spiro atoms. The second-order valence-electron chi connectivity index (χ2n) is 9.11. The molecule has 150 valence electrons. The number of rotatable bonds is 1. The van der Waals surface area contributed by atoms with Gasteiger partial charge >= 0.3 is 6.85 Å². The van der Waals surface area contributed by atoms with E-state index in [1.54, 1.807) is 0 Å². The Morgan fingerprint density at radius 3 is 1.42 bits per heavy atom. The first-order valence-electron chi connectivity index (χ1n) is 11.0. The molecule has 4 aromatic rings. The van der Waals surface area contributed by atoms with Gasteiger partial charge in [0.05, 0.1) is 22.7 Å². The summed E-state index contributed by atoms with van der Waals surface area (Å²) >= 11 is 0. The minimum atomic E-state index is -0.0324. The number of para-hydroxylation sites is 4. The summed E-state index contributed by atoms with van der Waals surface area (Å²) in [5.74, 6) is 0. The van der Waals surface area contributed by atoms with Crippen molar-refractivity contribution >= 4 is 40.5 Å². The van der Waals surface area contributed by atoms with E-state index in [0.29, 0.717) is 0 Å². The maximum Gasteiger partial charge on any atom is 0.328 e. The highest BCUT2D eigenvalue weighted by Gasteiger charge is 2.44. The van der Waals surface area contributed by atoms with Crippen LogP contribution in [0.1, 0.15) is 25.0 Å². The van der Waals surface area contributed by atoms with Crippen LogP contribution in [0.15, 0.2) is 97.1 Å². The summed E-state index contributed by atoms with van der Waals surface area (Å²) < 4.78 is 0. The van der Waals surface area contributed by atoms with Crippen LogP contribution < -0.4 is 20.6 Å². The molecule has 4 aromatic carbocycles. The van der Waals surface area contributed by atoms with Crippen LogP contribution in [0, 0.1) is 0 Å². The smallest absolute Gasteiger partial charge is 0.328 e. The van der Waals surface area contributed by atoms with Crippen molar-refractivity contribution in [2.24, 2.45) is 0 Å². The van der Waals surface area contributed by atoms with Crippen molar-refractivity contribution in [3.05, 3.63) is 108 Å². The highest BCUT2D eigenvalue weighted by Crippen LogP contribution is 2.48. The molecule has 2 heterocycles. The fourth-order valence-corrected chi connectivity index (χ4v) is 5.64. The fraction of sp³-hybridized carbons (Fsp3) is 0.143. The molecule has 0 fully saturated rings. The molecule has 31 heavy (non-hydrogen) atoms. The molecule has 2 nitrogen and oxygen atoms in total. The molecule has 0 atom stereocenters. The second kappa shape index (κ2) is 6.52. The lowest BCUT2D eigenvalue weighted by Gasteiger charge is -2.46. The summed E-state index contributed by atoms with van der Waals surface area (Å²) in [6, 6.07) is 35.5. The molecular weight excluding hydrogens is 375 g/mol. The van der Waals surface area contributed by atoms with E-state index in [4.69, 9.17) is 0 Å². The molecule has 0 aliphatic carbocycles. The molecule has 2 aliphatic heterocycles. The van der Waals surface area contributed by atoms with Gasteiger partial charge in [0.15, 0.2) is 0 Å². The topological polar surface area (TPSA) is 6.48 Å². The zero-order valence-corrected chi connectivity index (χ0v) is 18.2. The summed E-state index contributed by atoms with van der Waals surface area (Å²) in [7, 11) is 2.17. The molecule has 0 saturated carbocycles. The summed E-state index contributed by atoms with van der Waals surface area (Å²) in [6.45, 7) is 4.83. The number of fused-ring (bicyclic) bond motifs is 4. The molecule has 0 bridgehead atoms. The summed E-state index contributed by atoms with van der Waals surface area (Å²) in [5.41, 5.74) is 10.5. The van der Waals surface area contributed by atoms with Crippen molar-refractivity contribution in [2.75, 3.05) is 16.8 Å². The maximum absolute atomic E-state index is 2.55. The van der Waals surface area contributed by atoms with E-state index in [0.717, 1.165) is 0 Å². The van der Waals surface area contributed by atoms with Crippen LogP contribution in [0.2, 0.25) is 0 Å². The van der Waals surface area contributed by atoms with E-state index < -0.39 is 0 Å². The van der Waals surface area contributed by atoms with Crippen molar-refractivity contribution in [1.29, 1.82) is 0 Å². The van der Waals surface area contributed by atoms with E-state index in [9.17, 15) is 0 Å². The Labute approximate surface area is 184 Å². The third kappa shape index (κ3) is 2.47. The zero-order chi connectivity index (χ0) is 21.2. The van der Waals surface area contributed by atoms with Crippen molar-refractivity contribution in [1.82, 2.24) is 0 Å². The third-order valence-corrected chi connectivity index (χ3v) is 7.12. The van der Waals surface area contributed by atoms with Crippen molar-refractivity contribution < 1.29 is 0 Å². The first-order chi connectivity index (χ1) is 15.1. The first kappa shape index (κ1) is 18.3. The number of nitrogens with zero attached hydrogens (tertiary/aromatic N) is 2. The molecule has 2 aliphatic rings. The Hall–Kier alpha value is -3.46.